The molecule has 0 bridgehead atoms. The van der Waals surface area contributed by atoms with E-state index in [1.807, 2.05) is 66.7 Å². The van der Waals surface area contributed by atoms with Gasteiger partial charge >= 0.3 is 0 Å². The number of thiophene rings is 1. The molecule has 5 nitrogen and oxygen atoms in total. The average Bonchev–Trinajstić information content (AvgIpc) is 3.79. The molecule has 0 aliphatic rings. The summed E-state index contributed by atoms with van der Waals surface area (Å²) in [6.45, 7) is 0. The summed E-state index contributed by atoms with van der Waals surface area (Å²) >= 11 is 1.75. The van der Waals surface area contributed by atoms with Gasteiger partial charge in [-0.25, -0.2) is 15.0 Å². The third-order valence-electron chi connectivity index (χ3n) is 9.57. The van der Waals surface area contributed by atoms with Gasteiger partial charge in [0, 0.05) is 47.6 Å². The van der Waals surface area contributed by atoms with E-state index in [1.54, 1.807) is 11.3 Å². The van der Waals surface area contributed by atoms with Crippen LogP contribution in [-0.4, -0.2) is 15.0 Å². The molecule has 0 unspecified atom stereocenters. The summed E-state index contributed by atoms with van der Waals surface area (Å²) in [6.07, 6.45) is 0. The zero-order valence-corrected chi connectivity index (χ0v) is 28.4. The highest BCUT2D eigenvalue weighted by molar-refractivity contribution is 7.26. The molecule has 0 saturated carbocycles. The molecule has 3 aromatic heterocycles. The number of nitrogens with zero attached hydrogens (tertiary/aromatic N) is 4. The van der Waals surface area contributed by atoms with Crippen molar-refractivity contribution >= 4 is 53.4 Å². The normalized spacial score (nSPS) is 11.4. The maximum Gasteiger partial charge on any atom is 0.165 e. The number of aromatic nitrogens is 3. The predicted octanol–water partition coefficient (Wildman–Crippen LogP) is 12.3. The van der Waals surface area contributed by atoms with Gasteiger partial charge in [0.2, 0.25) is 0 Å². The van der Waals surface area contributed by atoms with Crippen molar-refractivity contribution in [2.24, 2.45) is 0 Å². The Kier molecular flexibility index (Phi) is 6.98. The molecule has 7 aromatic carbocycles. The number of hydrogen-bond acceptors (Lipinski definition) is 6. The van der Waals surface area contributed by atoms with E-state index in [0.29, 0.717) is 23.0 Å². The molecule has 0 spiro atoms. The van der Waals surface area contributed by atoms with Crippen LogP contribution in [0.3, 0.4) is 0 Å². The maximum atomic E-state index is 9.53. The molecule has 6 heteroatoms. The van der Waals surface area contributed by atoms with Crippen LogP contribution in [0, 0.1) is 11.3 Å². The minimum absolute atomic E-state index is 0.556. The zero-order chi connectivity index (χ0) is 34.6. The van der Waals surface area contributed by atoms with Crippen LogP contribution in [0.15, 0.2) is 162 Å². The van der Waals surface area contributed by atoms with Crippen molar-refractivity contribution in [3.8, 4) is 62.5 Å². The van der Waals surface area contributed by atoms with Crippen molar-refractivity contribution in [3.05, 3.63) is 163 Å². The van der Waals surface area contributed by atoms with E-state index < -0.39 is 0 Å². The second-order valence-corrected chi connectivity index (χ2v) is 13.8. The summed E-state index contributed by atoms with van der Waals surface area (Å²) in [5, 5.41) is 14.1. The third-order valence-corrected chi connectivity index (χ3v) is 10.8. The first kappa shape index (κ1) is 29.9. The Hall–Kier alpha value is -6.94. The molecular weight excluding hydrogens is 657 g/mol. The summed E-state index contributed by atoms with van der Waals surface area (Å²) in [6, 6.07) is 55.7. The second kappa shape index (κ2) is 12.1. The molecule has 0 radical (unpaired) electrons. The quantitative estimate of drug-likeness (QED) is 0.181. The molecule has 3 heterocycles. The summed E-state index contributed by atoms with van der Waals surface area (Å²) in [7, 11) is 0. The Morgan fingerprint density at radius 3 is 1.98 bits per heavy atom. The molecule has 0 aliphatic heterocycles. The molecule has 10 rings (SSSR count). The molecule has 0 aliphatic carbocycles. The van der Waals surface area contributed by atoms with Gasteiger partial charge in [0.05, 0.1) is 11.6 Å². The lowest BCUT2D eigenvalue weighted by Gasteiger charge is -2.10. The fraction of sp³-hybridized carbons (Fsp3) is 0. The van der Waals surface area contributed by atoms with Crippen LogP contribution < -0.4 is 0 Å². The summed E-state index contributed by atoms with van der Waals surface area (Å²) in [4.78, 5) is 15.4. The first-order chi connectivity index (χ1) is 25.7. The Morgan fingerprint density at radius 1 is 0.462 bits per heavy atom. The van der Waals surface area contributed by atoms with E-state index in [2.05, 4.69) is 97.1 Å². The molecule has 0 N–H and O–H groups in total. The van der Waals surface area contributed by atoms with Gasteiger partial charge in [0.1, 0.15) is 11.2 Å². The van der Waals surface area contributed by atoms with Crippen molar-refractivity contribution in [3.63, 3.8) is 0 Å². The molecule has 0 amide bonds. The van der Waals surface area contributed by atoms with Crippen LogP contribution in [0.4, 0.5) is 0 Å². The highest BCUT2D eigenvalue weighted by Gasteiger charge is 2.19. The first-order valence-electron chi connectivity index (χ1n) is 17.0. The van der Waals surface area contributed by atoms with Crippen molar-refractivity contribution in [2.75, 3.05) is 0 Å². The van der Waals surface area contributed by atoms with Crippen LogP contribution in [-0.2, 0) is 0 Å². The highest BCUT2D eigenvalue weighted by atomic mass is 32.1. The number of rotatable bonds is 5. The van der Waals surface area contributed by atoms with Gasteiger partial charge in [-0.05, 0) is 70.8 Å². The first-order valence-corrected chi connectivity index (χ1v) is 17.8. The van der Waals surface area contributed by atoms with Crippen molar-refractivity contribution in [1.29, 1.82) is 5.26 Å². The summed E-state index contributed by atoms with van der Waals surface area (Å²) in [5.74, 6) is 1.72. The van der Waals surface area contributed by atoms with Crippen LogP contribution in [0.5, 0.6) is 0 Å². The fourth-order valence-electron chi connectivity index (χ4n) is 7.11. The van der Waals surface area contributed by atoms with Gasteiger partial charge in [-0.1, -0.05) is 109 Å². The third kappa shape index (κ3) is 5.03. The zero-order valence-electron chi connectivity index (χ0n) is 27.6. The molecule has 0 fully saturated rings. The summed E-state index contributed by atoms with van der Waals surface area (Å²) in [5.41, 5.74) is 9.06. The number of hydrogen-bond donors (Lipinski definition) is 0. The Bertz CT molecular complexity index is 3050. The Labute approximate surface area is 302 Å². The molecule has 52 heavy (non-hydrogen) atoms. The van der Waals surface area contributed by atoms with Gasteiger partial charge in [0.25, 0.3) is 0 Å². The van der Waals surface area contributed by atoms with Gasteiger partial charge in [-0.15, -0.1) is 11.3 Å². The molecule has 0 saturated heterocycles. The molecule has 10 aromatic rings. The Balaban J connectivity index is 1.17. The van der Waals surface area contributed by atoms with E-state index in [4.69, 9.17) is 19.4 Å². The van der Waals surface area contributed by atoms with E-state index in [9.17, 15) is 5.26 Å². The lowest BCUT2D eigenvalue weighted by molar-refractivity contribution is 0.669. The van der Waals surface area contributed by atoms with E-state index in [-0.39, 0.29) is 0 Å². The van der Waals surface area contributed by atoms with Crippen LogP contribution in [0.25, 0.3) is 98.5 Å². The predicted molar refractivity (Wildman–Crippen MR) is 212 cm³/mol. The number of fused-ring (bicyclic) bond motifs is 6. The summed E-state index contributed by atoms with van der Waals surface area (Å²) < 4.78 is 8.84. The average molecular weight is 683 g/mol. The number of nitriles is 1. The van der Waals surface area contributed by atoms with E-state index in [1.165, 1.54) is 15.5 Å². The number of furan rings is 1. The van der Waals surface area contributed by atoms with Gasteiger partial charge in [-0.2, -0.15) is 5.26 Å². The van der Waals surface area contributed by atoms with Gasteiger partial charge in [-0.3, -0.25) is 0 Å². The van der Waals surface area contributed by atoms with E-state index in [0.717, 1.165) is 65.6 Å². The minimum atomic E-state index is 0.556. The van der Waals surface area contributed by atoms with Crippen LogP contribution >= 0.6 is 11.3 Å². The monoisotopic (exact) mass is 682 g/mol. The van der Waals surface area contributed by atoms with Crippen LogP contribution in [0.1, 0.15) is 5.56 Å². The minimum Gasteiger partial charge on any atom is -0.456 e. The second-order valence-electron chi connectivity index (χ2n) is 12.7. The lowest BCUT2D eigenvalue weighted by atomic mass is 9.99. The standard InChI is InChI=1S/C46H26N4OS/c47-27-28-10-6-13-30(24-28)31-14-7-15-32(25-31)44-48-45(50-46(49-44)38-19-8-18-36-35-16-4-5-21-41(35)52-43(36)38)33-22-23-37-40(26-33)51-39-20-9-17-34(42(37)39)29-11-2-1-3-12-29/h1-26H. The maximum absolute atomic E-state index is 9.53. The number of benzene rings is 7. The Morgan fingerprint density at radius 2 is 1.12 bits per heavy atom. The topological polar surface area (TPSA) is 75.6 Å². The fourth-order valence-corrected chi connectivity index (χ4v) is 8.32. The molecule has 242 valence electrons. The lowest BCUT2D eigenvalue weighted by Crippen LogP contribution is -2.00. The SMILES string of the molecule is N#Cc1cccc(-c2cccc(-c3nc(-c4ccc5c(c4)oc4cccc(-c6ccccc6)c45)nc(-c4cccc5c4sc4ccccc45)n3)c2)c1. The largest absolute Gasteiger partial charge is 0.456 e. The smallest absolute Gasteiger partial charge is 0.165 e. The van der Waals surface area contributed by atoms with Gasteiger partial charge < -0.3 is 4.42 Å². The van der Waals surface area contributed by atoms with Gasteiger partial charge in [0.15, 0.2) is 17.5 Å². The highest BCUT2D eigenvalue weighted by Crippen LogP contribution is 2.41. The molecule has 0 atom stereocenters. The molecular formula is C46H26N4OS. The van der Waals surface area contributed by atoms with E-state index >= 15 is 0 Å². The van der Waals surface area contributed by atoms with Crippen molar-refractivity contribution in [2.45, 2.75) is 0 Å². The van der Waals surface area contributed by atoms with Crippen molar-refractivity contribution < 1.29 is 4.42 Å². The van der Waals surface area contributed by atoms with Crippen molar-refractivity contribution in [1.82, 2.24) is 15.0 Å². The van der Waals surface area contributed by atoms with Crippen LogP contribution in [0.2, 0.25) is 0 Å².